The summed E-state index contributed by atoms with van der Waals surface area (Å²) in [7, 11) is 0. The summed E-state index contributed by atoms with van der Waals surface area (Å²) in [6.07, 6.45) is 4.67. The Balaban J connectivity index is 2.08. The highest BCUT2D eigenvalue weighted by atomic mass is 19.1. The molecular formula is C13H10FN3O. The first-order valence-corrected chi connectivity index (χ1v) is 5.47. The molecule has 4 nitrogen and oxygen atoms in total. The maximum absolute atomic E-state index is 13.0. The number of hydrogen-bond acceptors (Lipinski definition) is 3. The number of aromatic nitrogens is 3. The Kier molecular flexibility index (Phi) is 2.64. The van der Waals surface area contributed by atoms with Gasteiger partial charge in [0.15, 0.2) is 0 Å². The monoisotopic (exact) mass is 243 g/mol. The van der Waals surface area contributed by atoms with Gasteiger partial charge < -0.3 is 4.42 Å². The fourth-order valence-corrected chi connectivity index (χ4v) is 1.89. The molecule has 5 heteroatoms. The molecular weight excluding hydrogens is 233 g/mol. The van der Waals surface area contributed by atoms with Crippen molar-refractivity contribution in [3.8, 4) is 0 Å². The molecule has 18 heavy (non-hydrogen) atoms. The van der Waals surface area contributed by atoms with Crippen LogP contribution in [0.3, 0.4) is 0 Å². The average Bonchev–Trinajstić information content (AvgIpc) is 3.06. The molecule has 1 atom stereocenters. The van der Waals surface area contributed by atoms with Crippen LogP contribution in [0.1, 0.15) is 17.4 Å². The molecule has 0 fully saturated rings. The predicted octanol–water partition coefficient (Wildman–Crippen LogP) is 2.65. The zero-order chi connectivity index (χ0) is 12.4. The third-order valence-corrected chi connectivity index (χ3v) is 2.70. The summed E-state index contributed by atoms with van der Waals surface area (Å²) < 4.78 is 20.1. The highest BCUT2D eigenvalue weighted by molar-refractivity contribution is 5.27. The highest BCUT2D eigenvalue weighted by Crippen LogP contribution is 2.26. The van der Waals surface area contributed by atoms with Crippen LogP contribution in [0.4, 0.5) is 4.39 Å². The summed E-state index contributed by atoms with van der Waals surface area (Å²) >= 11 is 0. The van der Waals surface area contributed by atoms with Crippen molar-refractivity contribution in [2.75, 3.05) is 0 Å². The summed E-state index contributed by atoms with van der Waals surface area (Å²) in [6, 6.07) is 9.69. The van der Waals surface area contributed by atoms with E-state index in [9.17, 15) is 4.39 Å². The Labute approximate surface area is 103 Å². The van der Waals surface area contributed by atoms with Crippen molar-refractivity contribution in [1.82, 2.24) is 14.8 Å². The van der Waals surface area contributed by atoms with E-state index in [0.717, 1.165) is 11.3 Å². The molecule has 90 valence electrons. The second kappa shape index (κ2) is 4.44. The second-order valence-corrected chi connectivity index (χ2v) is 3.84. The molecule has 0 aliphatic rings. The van der Waals surface area contributed by atoms with Crippen LogP contribution in [0.25, 0.3) is 0 Å². The minimum absolute atomic E-state index is 0.233. The standard InChI is InChI=1S/C13H10FN3O/c14-11-5-3-10(4-6-11)13(12-2-1-7-18-12)17-9-15-8-16-17/h1-9,13H. The van der Waals surface area contributed by atoms with Crippen molar-refractivity contribution < 1.29 is 8.81 Å². The first-order valence-electron chi connectivity index (χ1n) is 5.47. The van der Waals surface area contributed by atoms with Gasteiger partial charge in [-0.15, -0.1) is 0 Å². The number of nitrogens with zero attached hydrogens (tertiary/aromatic N) is 3. The minimum atomic E-state index is -0.268. The SMILES string of the molecule is Fc1ccc(C(c2ccco2)n2cncn2)cc1. The van der Waals surface area contributed by atoms with Crippen LogP contribution in [0.2, 0.25) is 0 Å². The smallest absolute Gasteiger partial charge is 0.137 e. The van der Waals surface area contributed by atoms with E-state index < -0.39 is 0 Å². The van der Waals surface area contributed by atoms with Crippen LogP contribution >= 0.6 is 0 Å². The molecule has 0 N–H and O–H groups in total. The van der Waals surface area contributed by atoms with E-state index in [0.29, 0.717) is 0 Å². The lowest BCUT2D eigenvalue weighted by Crippen LogP contribution is -2.12. The van der Waals surface area contributed by atoms with Gasteiger partial charge in [0.05, 0.1) is 6.26 Å². The van der Waals surface area contributed by atoms with Gasteiger partial charge in [0.2, 0.25) is 0 Å². The molecule has 3 rings (SSSR count). The van der Waals surface area contributed by atoms with Crippen LogP contribution < -0.4 is 0 Å². The molecule has 0 spiro atoms. The van der Waals surface area contributed by atoms with Gasteiger partial charge >= 0.3 is 0 Å². The van der Waals surface area contributed by atoms with Crippen molar-refractivity contribution in [1.29, 1.82) is 0 Å². The van der Waals surface area contributed by atoms with Crippen LogP contribution in [0.15, 0.2) is 59.7 Å². The van der Waals surface area contributed by atoms with Crippen molar-refractivity contribution in [3.05, 3.63) is 72.5 Å². The van der Waals surface area contributed by atoms with E-state index in [4.69, 9.17) is 4.42 Å². The van der Waals surface area contributed by atoms with Gasteiger partial charge in [-0.3, -0.25) is 0 Å². The fourth-order valence-electron chi connectivity index (χ4n) is 1.89. The Morgan fingerprint density at radius 1 is 1.17 bits per heavy atom. The fraction of sp³-hybridized carbons (Fsp3) is 0.0769. The van der Waals surface area contributed by atoms with Crippen LogP contribution in [0.5, 0.6) is 0 Å². The Morgan fingerprint density at radius 3 is 2.61 bits per heavy atom. The molecule has 1 unspecified atom stereocenters. The quantitative estimate of drug-likeness (QED) is 0.710. The van der Waals surface area contributed by atoms with E-state index in [-0.39, 0.29) is 11.9 Å². The van der Waals surface area contributed by atoms with Gasteiger partial charge in [0.1, 0.15) is 30.3 Å². The molecule has 2 aromatic heterocycles. The van der Waals surface area contributed by atoms with Crippen molar-refractivity contribution in [3.63, 3.8) is 0 Å². The minimum Gasteiger partial charge on any atom is -0.467 e. The maximum atomic E-state index is 13.0. The lowest BCUT2D eigenvalue weighted by molar-refractivity contribution is 0.440. The van der Waals surface area contributed by atoms with E-state index in [1.165, 1.54) is 18.5 Å². The number of benzene rings is 1. The average molecular weight is 243 g/mol. The first kappa shape index (κ1) is 10.7. The predicted molar refractivity (Wildman–Crippen MR) is 62.4 cm³/mol. The summed E-state index contributed by atoms with van der Waals surface area (Å²) in [5.74, 6) is 0.461. The molecule has 0 bridgehead atoms. The van der Waals surface area contributed by atoms with Crippen molar-refractivity contribution >= 4 is 0 Å². The largest absolute Gasteiger partial charge is 0.467 e. The molecule has 2 heterocycles. The molecule has 0 saturated carbocycles. The Bertz CT molecular complexity index is 568. The van der Waals surface area contributed by atoms with E-state index in [2.05, 4.69) is 10.1 Å². The first-order chi connectivity index (χ1) is 8.84. The third-order valence-electron chi connectivity index (χ3n) is 2.70. The molecule has 0 aliphatic heterocycles. The maximum Gasteiger partial charge on any atom is 0.137 e. The number of hydrogen-bond donors (Lipinski definition) is 0. The van der Waals surface area contributed by atoms with E-state index in [1.54, 1.807) is 29.4 Å². The number of furan rings is 1. The molecule has 0 saturated heterocycles. The molecule has 0 amide bonds. The van der Waals surface area contributed by atoms with E-state index >= 15 is 0 Å². The van der Waals surface area contributed by atoms with Gasteiger partial charge in [-0.2, -0.15) is 5.10 Å². The molecule has 1 aromatic carbocycles. The van der Waals surface area contributed by atoms with Crippen LogP contribution in [-0.4, -0.2) is 14.8 Å². The van der Waals surface area contributed by atoms with E-state index in [1.807, 2.05) is 12.1 Å². The lowest BCUT2D eigenvalue weighted by Gasteiger charge is -2.14. The second-order valence-electron chi connectivity index (χ2n) is 3.84. The molecule has 0 aliphatic carbocycles. The normalized spacial score (nSPS) is 12.5. The molecule has 0 radical (unpaired) electrons. The summed E-state index contributed by atoms with van der Waals surface area (Å²) in [5.41, 5.74) is 0.886. The number of halogens is 1. The third kappa shape index (κ3) is 1.90. The van der Waals surface area contributed by atoms with Gasteiger partial charge in [0, 0.05) is 0 Å². The van der Waals surface area contributed by atoms with Gasteiger partial charge in [-0.05, 0) is 29.8 Å². The topological polar surface area (TPSA) is 43.9 Å². The zero-order valence-electron chi connectivity index (χ0n) is 9.40. The summed E-state index contributed by atoms with van der Waals surface area (Å²) in [5, 5.41) is 4.12. The Morgan fingerprint density at radius 2 is 2.00 bits per heavy atom. The van der Waals surface area contributed by atoms with Gasteiger partial charge in [-0.25, -0.2) is 14.1 Å². The van der Waals surface area contributed by atoms with Crippen LogP contribution in [-0.2, 0) is 0 Å². The molecule has 3 aromatic rings. The highest BCUT2D eigenvalue weighted by Gasteiger charge is 2.19. The lowest BCUT2D eigenvalue weighted by atomic mass is 10.0. The van der Waals surface area contributed by atoms with Gasteiger partial charge in [-0.1, -0.05) is 12.1 Å². The zero-order valence-corrected chi connectivity index (χ0v) is 9.40. The summed E-state index contributed by atoms with van der Waals surface area (Å²) in [4.78, 5) is 3.93. The Hall–Kier alpha value is -2.43. The number of rotatable bonds is 3. The van der Waals surface area contributed by atoms with Gasteiger partial charge in [0.25, 0.3) is 0 Å². The van der Waals surface area contributed by atoms with Crippen molar-refractivity contribution in [2.24, 2.45) is 0 Å². The van der Waals surface area contributed by atoms with Crippen molar-refractivity contribution in [2.45, 2.75) is 6.04 Å². The van der Waals surface area contributed by atoms with Crippen LogP contribution in [0, 0.1) is 5.82 Å². The summed E-state index contributed by atoms with van der Waals surface area (Å²) in [6.45, 7) is 0.